The van der Waals surface area contributed by atoms with Crippen LogP contribution in [0.4, 0.5) is 4.79 Å². The first-order valence-corrected chi connectivity index (χ1v) is 3.70. The fourth-order valence-corrected chi connectivity index (χ4v) is 0.537. The van der Waals surface area contributed by atoms with Crippen molar-refractivity contribution in [2.45, 2.75) is 26.9 Å². The van der Waals surface area contributed by atoms with Crippen LogP contribution in [0.5, 0.6) is 0 Å². The standard InChI is InChI=1S/C8H13NO3/c1-4-5-7(10)9-8(11)12-6(2)3/h4-6H,1-3H3,(H,9,10,11). The van der Waals surface area contributed by atoms with E-state index in [-0.39, 0.29) is 6.10 Å². The maximum atomic E-state index is 10.8. The fraction of sp³-hybridized carbons (Fsp3) is 0.500. The minimum absolute atomic E-state index is 0.219. The SMILES string of the molecule is CC=CC(=O)NC(=O)OC(C)C. The van der Waals surface area contributed by atoms with E-state index >= 15 is 0 Å². The maximum absolute atomic E-state index is 10.8. The van der Waals surface area contributed by atoms with E-state index in [1.54, 1.807) is 20.8 Å². The van der Waals surface area contributed by atoms with Crippen molar-refractivity contribution in [3.63, 3.8) is 0 Å². The lowest BCUT2D eigenvalue weighted by Crippen LogP contribution is -2.31. The van der Waals surface area contributed by atoms with Gasteiger partial charge in [-0.15, -0.1) is 0 Å². The first-order chi connectivity index (χ1) is 5.56. The first-order valence-electron chi connectivity index (χ1n) is 3.70. The van der Waals surface area contributed by atoms with Crippen LogP contribution in [0.1, 0.15) is 20.8 Å². The van der Waals surface area contributed by atoms with Crippen molar-refractivity contribution in [2.24, 2.45) is 0 Å². The van der Waals surface area contributed by atoms with Crippen LogP contribution in [-0.2, 0) is 9.53 Å². The minimum atomic E-state index is -0.715. The molecular formula is C8H13NO3. The van der Waals surface area contributed by atoms with Crippen LogP contribution in [0.2, 0.25) is 0 Å². The van der Waals surface area contributed by atoms with E-state index in [9.17, 15) is 9.59 Å². The molecule has 0 saturated carbocycles. The van der Waals surface area contributed by atoms with Crippen LogP contribution >= 0.6 is 0 Å². The molecule has 0 spiro atoms. The Balaban J connectivity index is 3.77. The van der Waals surface area contributed by atoms with E-state index in [1.165, 1.54) is 12.2 Å². The van der Waals surface area contributed by atoms with E-state index < -0.39 is 12.0 Å². The monoisotopic (exact) mass is 171 g/mol. The van der Waals surface area contributed by atoms with Gasteiger partial charge in [0.2, 0.25) is 0 Å². The number of ether oxygens (including phenoxy) is 1. The number of allylic oxidation sites excluding steroid dienone is 1. The predicted molar refractivity (Wildman–Crippen MR) is 44.6 cm³/mol. The first kappa shape index (κ1) is 10.7. The number of amides is 2. The number of carbonyl (C=O) groups excluding carboxylic acids is 2. The number of hydrogen-bond donors (Lipinski definition) is 1. The summed E-state index contributed by atoms with van der Waals surface area (Å²) >= 11 is 0. The van der Waals surface area contributed by atoms with Gasteiger partial charge in [0.1, 0.15) is 0 Å². The summed E-state index contributed by atoms with van der Waals surface area (Å²) in [5.74, 6) is -0.469. The average molecular weight is 171 g/mol. The number of carbonyl (C=O) groups is 2. The zero-order valence-corrected chi connectivity index (χ0v) is 7.46. The molecule has 0 aliphatic rings. The van der Waals surface area contributed by atoms with Gasteiger partial charge in [0.25, 0.3) is 5.91 Å². The number of nitrogens with one attached hydrogen (secondary N) is 1. The molecule has 0 aromatic carbocycles. The molecule has 0 aliphatic carbocycles. The zero-order valence-electron chi connectivity index (χ0n) is 7.46. The number of alkyl carbamates (subject to hydrolysis) is 1. The van der Waals surface area contributed by atoms with Crippen molar-refractivity contribution in [3.8, 4) is 0 Å². The Kier molecular flexibility index (Phi) is 4.76. The smallest absolute Gasteiger partial charge is 0.414 e. The Hall–Kier alpha value is -1.32. The molecule has 0 aromatic heterocycles. The topological polar surface area (TPSA) is 55.4 Å². The summed E-state index contributed by atoms with van der Waals surface area (Å²) in [7, 11) is 0. The van der Waals surface area contributed by atoms with Gasteiger partial charge in [-0.3, -0.25) is 10.1 Å². The molecule has 0 saturated heterocycles. The van der Waals surface area contributed by atoms with E-state index in [1.807, 2.05) is 5.32 Å². The second-order valence-corrected chi connectivity index (χ2v) is 2.44. The summed E-state index contributed by atoms with van der Waals surface area (Å²) in [6.07, 6.45) is 1.86. The molecule has 0 aliphatic heterocycles. The predicted octanol–water partition coefficient (Wildman–Crippen LogP) is 1.22. The molecule has 4 nitrogen and oxygen atoms in total. The van der Waals surface area contributed by atoms with Crippen LogP contribution in [-0.4, -0.2) is 18.1 Å². The molecule has 0 heterocycles. The molecule has 12 heavy (non-hydrogen) atoms. The Bertz CT molecular complexity index is 196. The van der Waals surface area contributed by atoms with E-state index in [0.29, 0.717) is 0 Å². The minimum Gasteiger partial charge on any atom is -0.447 e. The molecule has 0 unspecified atom stereocenters. The van der Waals surface area contributed by atoms with Crippen LogP contribution in [0.25, 0.3) is 0 Å². The molecule has 0 rings (SSSR count). The van der Waals surface area contributed by atoms with Crippen LogP contribution < -0.4 is 5.32 Å². The van der Waals surface area contributed by atoms with Crippen molar-refractivity contribution in [1.82, 2.24) is 5.32 Å². The van der Waals surface area contributed by atoms with Crippen LogP contribution in [0, 0.1) is 0 Å². The number of rotatable bonds is 2. The number of imide groups is 1. The van der Waals surface area contributed by atoms with Crippen LogP contribution in [0.3, 0.4) is 0 Å². The zero-order chi connectivity index (χ0) is 9.56. The summed E-state index contributed by atoms with van der Waals surface area (Å²) in [5.41, 5.74) is 0. The van der Waals surface area contributed by atoms with Crippen molar-refractivity contribution in [1.29, 1.82) is 0 Å². The van der Waals surface area contributed by atoms with Gasteiger partial charge in [-0.05, 0) is 26.8 Å². The second kappa shape index (κ2) is 5.35. The molecular weight excluding hydrogens is 158 g/mol. The lowest BCUT2D eigenvalue weighted by molar-refractivity contribution is -0.116. The van der Waals surface area contributed by atoms with Crippen LogP contribution in [0.15, 0.2) is 12.2 Å². The Morgan fingerprint density at radius 3 is 2.42 bits per heavy atom. The maximum Gasteiger partial charge on any atom is 0.414 e. The number of hydrogen-bond acceptors (Lipinski definition) is 3. The highest BCUT2D eigenvalue weighted by Gasteiger charge is 2.06. The molecule has 68 valence electrons. The highest BCUT2D eigenvalue weighted by Crippen LogP contribution is 1.87. The summed E-state index contributed by atoms with van der Waals surface area (Å²) in [4.78, 5) is 21.5. The van der Waals surface area contributed by atoms with Gasteiger partial charge < -0.3 is 4.74 Å². The summed E-state index contributed by atoms with van der Waals surface area (Å²) < 4.78 is 4.66. The Labute approximate surface area is 71.6 Å². The average Bonchev–Trinajstić information content (AvgIpc) is 1.84. The largest absolute Gasteiger partial charge is 0.447 e. The van der Waals surface area contributed by atoms with E-state index in [2.05, 4.69) is 4.74 Å². The van der Waals surface area contributed by atoms with Crippen molar-refractivity contribution in [3.05, 3.63) is 12.2 Å². The normalized spacial score (nSPS) is 10.3. The van der Waals surface area contributed by atoms with Gasteiger partial charge in [0, 0.05) is 0 Å². The van der Waals surface area contributed by atoms with Gasteiger partial charge >= 0.3 is 6.09 Å². The summed E-state index contributed by atoms with van der Waals surface area (Å²) in [5, 5.41) is 2.03. The molecule has 4 heteroatoms. The van der Waals surface area contributed by atoms with Gasteiger partial charge in [-0.1, -0.05) is 6.08 Å². The van der Waals surface area contributed by atoms with Crippen molar-refractivity contribution < 1.29 is 14.3 Å². The third kappa shape index (κ3) is 5.46. The Morgan fingerprint density at radius 2 is 2.00 bits per heavy atom. The lowest BCUT2D eigenvalue weighted by Gasteiger charge is -2.06. The Morgan fingerprint density at radius 1 is 1.42 bits per heavy atom. The van der Waals surface area contributed by atoms with E-state index in [0.717, 1.165) is 0 Å². The molecule has 0 aromatic rings. The molecule has 1 N–H and O–H groups in total. The molecule has 0 bridgehead atoms. The second-order valence-electron chi connectivity index (χ2n) is 2.44. The molecule has 0 radical (unpaired) electrons. The summed E-state index contributed by atoms with van der Waals surface area (Å²) in [6.45, 7) is 5.10. The third-order valence-electron chi connectivity index (χ3n) is 0.886. The van der Waals surface area contributed by atoms with Gasteiger partial charge in [0.15, 0.2) is 0 Å². The van der Waals surface area contributed by atoms with Gasteiger partial charge in [0.05, 0.1) is 6.10 Å². The highest BCUT2D eigenvalue weighted by atomic mass is 16.6. The summed E-state index contributed by atoms with van der Waals surface area (Å²) in [6, 6.07) is 0. The van der Waals surface area contributed by atoms with Gasteiger partial charge in [-0.2, -0.15) is 0 Å². The molecule has 0 fully saturated rings. The van der Waals surface area contributed by atoms with E-state index in [4.69, 9.17) is 0 Å². The highest BCUT2D eigenvalue weighted by molar-refractivity contribution is 5.98. The van der Waals surface area contributed by atoms with Gasteiger partial charge in [-0.25, -0.2) is 4.79 Å². The fourth-order valence-electron chi connectivity index (χ4n) is 0.537. The quantitative estimate of drug-likeness (QED) is 0.635. The lowest BCUT2D eigenvalue weighted by atomic mass is 10.5. The van der Waals surface area contributed by atoms with Crippen molar-refractivity contribution >= 4 is 12.0 Å². The molecule has 0 atom stereocenters. The third-order valence-corrected chi connectivity index (χ3v) is 0.886. The molecule has 2 amide bonds. The van der Waals surface area contributed by atoms with Crippen molar-refractivity contribution in [2.75, 3.05) is 0 Å².